The van der Waals surface area contributed by atoms with Gasteiger partial charge in [-0.15, -0.1) is 0 Å². The second kappa shape index (κ2) is 9.93. The minimum Gasteiger partial charge on any atom is -0.388 e. The van der Waals surface area contributed by atoms with Crippen LogP contribution in [-0.4, -0.2) is 43.6 Å². The minimum absolute atomic E-state index is 0.264. The summed E-state index contributed by atoms with van der Waals surface area (Å²) in [5.41, 5.74) is 5.32. The van der Waals surface area contributed by atoms with Gasteiger partial charge in [-0.25, -0.2) is 0 Å². The first-order valence-corrected chi connectivity index (χ1v) is 5.83. The molecule has 0 fully saturated rings. The molecule has 0 heterocycles. The molecule has 0 unspecified atom stereocenters. The maximum absolute atomic E-state index is 7.15. The van der Waals surface area contributed by atoms with E-state index >= 15 is 0 Å². The smallest absolute Gasteiger partial charge is 0.0918 e. The number of rotatable bonds is 10. The van der Waals surface area contributed by atoms with Crippen LogP contribution in [0.1, 0.15) is 33.1 Å². The summed E-state index contributed by atoms with van der Waals surface area (Å²) >= 11 is 0. The molecule has 0 saturated heterocycles. The van der Waals surface area contributed by atoms with Gasteiger partial charge in [0.15, 0.2) is 0 Å². The zero-order valence-corrected chi connectivity index (χ0v) is 10.1. The summed E-state index contributed by atoms with van der Waals surface area (Å²) in [6.45, 7) is 8.72. The van der Waals surface area contributed by atoms with Crippen molar-refractivity contribution in [3.63, 3.8) is 0 Å². The quantitative estimate of drug-likeness (QED) is 0.329. The van der Waals surface area contributed by atoms with Crippen molar-refractivity contribution in [2.24, 2.45) is 5.73 Å². The van der Waals surface area contributed by atoms with Crippen molar-refractivity contribution < 1.29 is 4.74 Å². The molecule has 3 N–H and O–H groups in total. The maximum atomic E-state index is 7.15. The van der Waals surface area contributed by atoms with E-state index in [0.29, 0.717) is 6.42 Å². The first kappa shape index (κ1) is 14.4. The van der Waals surface area contributed by atoms with E-state index in [1.54, 1.807) is 0 Å². The Morgan fingerprint density at radius 3 is 2.53 bits per heavy atom. The van der Waals surface area contributed by atoms with Crippen LogP contribution >= 0.6 is 0 Å². The number of hydrogen-bond donors (Lipinski definition) is 2. The molecular weight excluding hydrogens is 190 g/mol. The molecule has 0 saturated carbocycles. The maximum Gasteiger partial charge on any atom is 0.0918 e. The van der Waals surface area contributed by atoms with E-state index < -0.39 is 0 Å². The van der Waals surface area contributed by atoms with Gasteiger partial charge in [0.05, 0.1) is 12.4 Å². The third kappa shape index (κ3) is 9.69. The van der Waals surface area contributed by atoms with Crippen LogP contribution in [0.3, 0.4) is 0 Å². The predicted octanol–water partition coefficient (Wildman–Crippen LogP) is 1.45. The molecule has 4 nitrogen and oxygen atoms in total. The second-order valence-corrected chi connectivity index (χ2v) is 3.68. The van der Waals surface area contributed by atoms with Crippen molar-refractivity contribution in [1.82, 2.24) is 4.90 Å². The molecule has 0 aliphatic heterocycles. The zero-order valence-electron chi connectivity index (χ0n) is 10.1. The summed E-state index contributed by atoms with van der Waals surface area (Å²) < 4.78 is 5.49. The summed E-state index contributed by atoms with van der Waals surface area (Å²) in [4.78, 5) is 2.26. The molecule has 0 amide bonds. The standard InChI is InChI=1S/C11H25N3O/c1-3-5-9-15-10-8-14(4-2)7-6-11(12)13/h3-10H2,1-2H3,(H3,12,13). The minimum atomic E-state index is 0.264. The lowest BCUT2D eigenvalue weighted by Gasteiger charge is -2.19. The Labute approximate surface area is 93.3 Å². The van der Waals surface area contributed by atoms with Crippen LogP contribution in [0.2, 0.25) is 0 Å². The summed E-state index contributed by atoms with van der Waals surface area (Å²) in [7, 11) is 0. The fraction of sp³-hybridized carbons (Fsp3) is 0.909. The molecule has 0 radical (unpaired) electrons. The highest BCUT2D eigenvalue weighted by Crippen LogP contribution is 1.93. The number of nitrogens with two attached hydrogens (primary N) is 1. The molecule has 15 heavy (non-hydrogen) atoms. The van der Waals surface area contributed by atoms with Crippen LogP contribution in [0.4, 0.5) is 0 Å². The molecule has 0 spiro atoms. The lowest BCUT2D eigenvalue weighted by Crippen LogP contribution is -2.31. The fourth-order valence-electron chi connectivity index (χ4n) is 1.25. The van der Waals surface area contributed by atoms with Gasteiger partial charge in [-0.2, -0.15) is 0 Å². The molecule has 0 aromatic carbocycles. The first-order chi connectivity index (χ1) is 7.20. The van der Waals surface area contributed by atoms with Crippen LogP contribution in [0.5, 0.6) is 0 Å². The highest BCUT2D eigenvalue weighted by atomic mass is 16.5. The number of amidine groups is 1. The summed E-state index contributed by atoms with van der Waals surface area (Å²) in [6, 6.07) is 0. The molecule has 4 heteroatoms. The lowest BCUT2D eigenvalue weighted by atomic mass is 10.3. The second-order valence-electron chi connectivity index (χ2n) is 3.68. The highest BCUT2D eigenvalue weighted by Gasteiger charge is 2.02. The number of likely N-dealkylation sites (N-methyl/N-ethyl adjacent to an activating group) is 1. The van der Waals surface area contributed by atoms with Crippen molar-refractivity contribution >= 4 is 5.84 Å². The monoisotopic (exact) mass is 215 g/mol. The van der Waals surface area contributed by atoms with Crippen LogP contribution in [0, 0.1) is 5.41 Å². The van der Waals surface area contributed by atoms with Gasteiger partial charge in [0, 0.05) is 26.1 Å². The van der Waals surface area contributed by atoms with Crippen molar-refractivity contribution in [3.8, 4) is 0 Å². The average molecular weight is 215 g/mol. The normalized spacial score (nSPS) is 10.9. The van der Waals surface area contributed by atoms with E-state index in [4.69, 9.17) is 15.9 Å². The molecule has 0 atom stereocenters. The number of unbranched alkanes of at least 4 members (excludes halogenated alkanes) is 1. The van der Waals surface area contributed by atoms with Gasteiger partial charge in [-0.1, -0.05) is 20.3 Å². The van der Waals surface area contributed by atoms with Gasteiger partial charge in [-0.05, 0) is 13.0 Å². The van der Waals surface area contributed by atoms with E-state index in [0.717, 1.165) is 39.3 Å². The molecule has 0 aliphatic carbocycles. The SMILES string of the molecule is CCCCOCCN(CC)CCC(=N)N. The van der Waals surface area contributed by atoms with E-state index in [2.05, 4.69) is 18.7 Å². The van der Waals surface area contributed by atoms with Crippen molar-refractivity contribution in [2.45, 2.75) is 33.1 Å². The predicted molar refractivity (Wildman–Crippen MR) is 64.4 cm³/mol. The van der Waals surface area contributed by atoms with Crippen LogP contribution in [-0.2, 0) is 4.74 Å². The Kier molecular flexibility index (Phi) is 9.52. The van der Waals surface area contributed by atoms with Crippen LogP contribution < -0.4 is 5.73 Å². The van der Waals surface area contributed by atoms with E-state index in [1.165, 1.54) is 6.42 Å². The Morgan fingerprint density at radius 1 is 1.27 bits per heavy atom. The van der Waals surface area contributed by atoms with Gasteiger partial charge in [0.2, 0.25) is 0 Å². The van der Waals surface area contributed by atoms with E-state index in [9.17, 15) is 0 Å². The van der Waals surface area contributed by atoms with E-state index in [1.807, 2.05) is 0 Å². The third-order valence-corrected chi connectivity index (χ3v) is 2.34. The summed E-state index contributed by atoms with van der Waals surface area (Å²) in [6.07, 6.45) is 2.98. The van der Waals surface area contributed by atoms with Crippen LogP contribution in [0.15, 0.2) is 0 Å². The molecule has 0 rings (SSSR count). The fourth-order valence-corrected chi connectivity index (χ4v) is 1.25. The Bertz CT molecular complexity index is 162. The molecule has 0 aromatic heterocycles. The largest absolute Gasteiger partial charge is 0.388 e. The van der Waals surface area contributed by atoms with Crippen molar-refractivity contribution in [3.05, 3.63) is 0 Å². The highest BCUT2D eigenvalue weighted by molar-refractivity contribution is 5.76. The van der Waals surface area contributed by atoms with Crippen LogP contribution in [0.25, 0.3) is 0 Å². The summed E-state index contributed by atoms with van der Waals surface area (Å²) in [5.74, 6) is 0.264. The number of hydrogen-bond acceptors (Lipinski definition) is 3. The van der Waals surface area contributed by atoms with Gasteiger partial charge in [0.25, 0.3) is 0 Å². The zero-order chi connectivity index (χ0) is 11.5. The average Bonchev–Trinajstić information content (AvgIpc) is 2.22. The molecular formula is C11H25N3O. The van der Waals surface area contributed by atoms with Crippen molar-refractivity contribution in [2.75, 3.05) is 32.8 Å². The molecule has 0 aliphatic rings. The Morgan fingerprint density at radius 2 is 2.00 bits per heavy atom. The van der Waals surface area contributed by atoms with Crippen molar-refractivity contribution in [1.29, 1.82) is 5.41 Å². The Balaban J connectivity index is 3.40. The molecule has 0 bridgehead atoms. The first-order valence-electron chi connectivity index (χ1n) is 5.83. The number of nitrogens with zero attached hydrogens (tertiary/aromatic N) is 1. The number of nitrogens with one attached hydrogen (secondary N) is 1. The Hall–Kier alpha value is -0.610. The lowest BCUT2D eigenvalue weighted by molar-refractivity contribution is 0.104. The third-order valence-electron chi connectivity index (χ3n) is 2.34. The van der Waals surface area contributed by atoms with Gasteiger partial charge in [-0.3, -0.25) is 5.41 Å². The molecule has 0 aromatic rings. The van der Waals surface area contributed by atoms with Gasteiger partial charge in [0.1, 0.15) is 0 Å². The topological polar surface area (TPSA) is 62.3 Å². The summed E-state index contributed by atoms with van der Waals surface area (Å²) in [5, 5.41) is 7.15. The van der Waals surface area contributed by atoms with Gasteiger partial charge < -0.3 is 15.4 Å². The van der Waals surface area contributed by atoms with E-state index in [-0.39, 0.29) is 5.84 Å². The van der Waals surface area contributed by atoms with Gasteiger partial charge >= 0.3 is 0 Å². The molecule has 90 valence electrons. The number of ether oxygens (including phenoxy) is 1.